The lowest BCUT2D eigenvalue weighted by atomic mass is 9.88. The highest BCUT2D eigenvalue weighted by molar-refractivity contribution is 8.00. The number of benzene rings is 1. The zero-order valence-corrected chi connectivity index (χ0v) is 14.7. The highest BCUT2D eigenvalue weighted by Crippen LogP contribution is 2.31. The lowest BCUT2D eigenvalue weighted by Gasteiger charge is -2.26. The van der Waals surface area contributed by atoms with Gasteiger partial charge in [-0.15, -0.1) is 11.3 Å². The van der Waals surface area contributed by atoms with E-state index >= 15 is 0 Å². The Bertz CT molecular complexity index is 877. The molecule has 4 nitrogen and oxygen atoms in total. The number of nitrogens with one attached hydrogen (secondary N) is 1. The van der Waals surface area contributed by atoms with Crippen molar-refractivity contribution in [2.45, 2.75) is 30.3 Å². The van der Waals surface area contributed by atoms with E-state index in [1.807, 2.05) is 17.5 Å². The average Bonchev–Trinajstić information content (AvgIpc) is 3.09. The SMILES string of the molecule is O=C(CSc1ncnc2ccsc12)NC1CCCc2ccccc21. The van der Waals surface area contributed by atoms with Crippen molar-refractivity contribution < 1.29 is 4.79 Å². The third kappa shape index (κ3) is 3.16. The van der Waals surface area contributed by atoms with E-state index in [0.717, 1.165) is 34.5 Å². The van der Waals surface area contributed by atoms with Gasteiger partial charge in [0.05, 0.1) is 22.0 Å². The fourth-order valence-electron chi connectivity index (χ4n) is 3.14. The van der Waals surface area contributed by atoms with Crippen LogP contribution in [0.1, 0.15) is 30.0 Å². The first kappa shape index (κ1) is 15.6. The number of thiophene rings is 1. The molecule has 1 atom stereocenters. The minimum absolute atomic E-state index is 0.0602. The third-order valence-corrected chi connectivity index (χ3v) is 6.28. The number of carbonyl (C=O) groups excluding carboxylic acids is 1. The van der Waals surface area contributed by atoms with Gasteiger partial charge in [0, 0.05) is 0 Å². The van der Waals surface area contributed by atoms with Crippen LogP contribution < -0.4 is 5.32 Å². The molecule has 24 heavy (non-hydrogen) atoms. The number of nitrogens with zero attached hydrogens (tertiary/aromatic N) is 2. The normalized spacial score (nSPS) is 16.8. The van der Waals surface area contributed by atoms with E-state index in [0.29, 0.717) is 5.75 Å². The number of aryl methyl sites for hydroxylation is 1. The van der Waals surface area contributed by atoms with Gasteiger partial charge in [0.1, 0.15) is 11.4 Å². The molecule has 0 radical (unpaired) electrons. The van der Waals surface area contributed by atoms with Crippen molar-refractivity contribution in [1.29, 1.82) is 0 Å². The fourth-order valence-corrected chi connectivity index (χ4v) is 4.90. The van der Waals surface area contributed by atoms with Crippen LogP contribution in [0.25, 0.3) is 10.2 Å². The maximum absolute atomic E-state index is 12.4. The Morgan fingerprint density at radius 3 is 3.17 bits per heavy atom. The molecule has 6 heteroatoms. The van der Waals surface area contributed by atoms with Gasteiger partial charge in [-0.2, -0.15) is 0 Å². The Morgan fingerprint density at radius 1 is 1.29 bits per heavy atom. The predicted octanol–water partition coefficient (Wildman–Crippen LogP) is 3.98. The van der Waals surface area contributed by atoms with E-state index in [-0.39, 0.29) is 11.9 Å². The summed E-state index contributed by atoms with van der Waals surface area (Å²) < 4.78 is 1.05. The van der Waals surface area contributed by atoms with Gasteiger partial charge in [0.15, 0.2) is 0 Å². The first-order valence-electron chi connectivity index (χ1n) is 7.99. The lowest BCUT2D eigenvalue weighted by Crippen LogP contribution is -2.32. The largest absolute Gasteiger partial charge is 0.349 e. The molecule has 3 aromatic rings. The molecule has 0 bridgehead atoms. The number of fused-ring (bicyclic) bond motifs is 2. The second kappa shape index (κ2) is 6.91. The van der Waals surface area contributed by atoms with Gasteiger partial charge in [0.2, 0.25) is 5.91 Å². The summed E-state index contributed by atoms with van der Waals surface area (Å²) in [5, 5.41) is 6.07. The van der Waals surface area contributed by atoms with Crippen molar-refractivity contribution in [2.24, 2.45) is 0 Å². The number of hydrogen-bond acceptors (Lipinski definition) is 5. The van der Waals surface area contributed by atoms with Crippen LogP contribution in [0.4, 0.5) is 0 Å². The highest BCUT2D eigenvalue weighted by Gasteiger charge is 2.21. The second-order valence-corrected chi connectivity index (χ2v) is 7.69. The molecular formula is C18H17N3OS2. The molecule has 0 saturated heterocycles. The zero-order chi connectivity index (χ0) is 16.4. The first-order chi connectivity index (χ1) is 11.8. The summed E-state index contributed by atoms with van der Waals surface area (Å²) in [5.41, 5.74) is 3.57. The van der Waals surface area contributed by atoms with E-state index in [1.54, 1.807) is 17.7 Å². The van der Waals surface area contributed by atoms with Crippen molar-refractivity contribution in [3.05, 3.63) is 53.2 Å². The molecule has 1 aliphatic carbocycles. The van der Waals surface area contributed by atoms with Crippen molar-refractivity contribution in [3.63, 3.8) is 0 Å². The fraction of sp³-hybridized carbons (Fsp3) is 0.278. The Kier molecular flexibility index (Phi) is 4.49. The molecule has 0 aliphatic heterocycles. The molecule has 1 amide bonds. The number of rotatable bonds is 4. The van der Waals surface area contributed by atoms with Crippen LogP contribution in [0.2, 0.25) is 0 Å². The first-order valence-corrected chi connectivity index (χ1v) is 9.86. The summed E-state index contributed by atoms with van der Waals surface area (Å²) in [6.45, 7) is 0. The van der Waals surface area contributed by atoms with Crippen molar-refractivity contribution in [3.8, 4) is 0 Å². The molecule has 1 N–H and O–H groups in total. The van der Waals surface area contributed by atoms with Crippen LogP contribution in [-0.2, 0) is 11.2 Å². The summed E-state index contributed by atoms with van der Waals surface area (Å²) in [6, 6.07) is 10.5. The van der Waals surface area contributed by atoms with Gasteiger partial charge in [-0.1, -0.05) is 36.0 Å². The maximum Gasteiger partial charge on any atom is 0.230 e. The van der Waals surface area contributed by atoms with Gasteiger partial charge >= 0.3 is 0 Å². The van der Waals surface area contributed by atoms with Gasteiger partial charge < -0.3 is 5.32 Å². The number of hydrogen-bond donors (Lipinski definition) is 1. The van der Waals surface area contributed by atoms with Gasteiger partial charge in [-0.25, -0.2) is 9.97 Å². The standard InChI is InChI=1S/C18H17N3OS2/c22-16(10-24-18-17-15(8-9-23-17)19-11-20-18)21-14-7-3-5-12-4-1-2-6-13(12)14/h1-2,4,6,8-9,11,14H,3,5,7,10H2,(H,21,22). The minimum Gasteiger partial charge on any atom is -0.349 e. The van der Waals surface area contributed by atoms with Crippen LogP contribution in [0.15, 0.2) is 47.1 Å². The molecule has 2 heterocycles. The highest BCUT2D eigenvalue weighted by atomic mass is 32.2. The maximum atomic E-state index is 12.4. The van der Waals surface area contributed by atoms with E-state index in [1.165, 1.54) is 22.9 Å². The smallest absolute Gasteiger partial charge is 0.230 e. The van der Waals surface area contributed by atoms with E-state index in [4.69, 9.17) is 0 Å². The molecule has 0 spiro atoms. The Morgan fingerprint density at radius 2 is 2.21 bits per heavy atom. The van der Waals surface area contributed by atoms with Crippen molar-refractivity contribution >= 4 is 39.2 Å². The van der Waals surface area contributed by atoms with Gasteiger partial charge in [-0.3, -0.25) is 4.79 Å². The summed E-state index contributed by atoms with van der Waals surface area (Å²) >= 11 is 3.09. The topological polar surface area (TPSA) is 54.9 Å². The number of amides is 1. The molecular weight excluding hydrogens is 338 g/mol. The Labute approximate surface area is 148 Å². The molecule has 1 aliphatic rings. The van der Waals surface area contributed by atoms with Crippen LogP contribution in [-0.4, -0.2) is 21.6 Å². The number of aromatic nitrogens is 2. The van der Waals surface area contributed by atoms with Crippen LogP contribution in [0, 0.1) is 0 Å². The summed E-state index contributed by atoms with van der Waals surface area (Å²) in [5.74, 6) is 0.438. The summed E-state index contributed by atoms with van der Waals surface area (Å²) in [6.07, 6.45) is 4.80. The molecule has 0 saturated carbocycles. The van der Waals surface area contributed by atoms with E-state index in [9.17, 15) is 4.79 Å². The Balaban J connectivity index is 1.42. The molecule has 1 unspecified atom stereocenters. The minimum atomic E-state index is 0.0602. The van der Waals surface area contributed by atoms with Crippen LogP contribution in [0.5, 0.6) is 0 Å². The number of carbonyl (C=O) groups is 1. The molecule has 4 rings (SSSR count). The van der Waals surface area contributed by atoms with Crippen LogP contribution >= 0.6 is 23.1 Å². The summed E-state index contributed by atoms with van der Waals surface area (Å²) in [4.78, 5) is 20.9. The van der Waals surface area contributed by atoms with Crippen molar-refractivity contribution in [1.82, 2.24) is 15.3 Å². The van der Waals surface area contributed by atoms with Gasteiger partial charge in [0.25, 0.3) is 0 Å². The predicted molar refractivity (Wildman–Crippen MR) is 98.4 cm³/mol. The molecule has 2 aromatic heterocycles. The Hall–Kier alpha value is -1.92. The average molecular weight is 355 g/mol. The second-order valence-electron chi connectivity index (χ2n) is 5.81. The van der Waals surface area contributed by atoms with E-state index < -0.39 is 0 Å². The quantitative estimate of drug-likeness (QED) is 0.568. The zero-order valence-electron chi connectivity index (χ0n) is 13.1. The number of thioether (sulfide) groups is 1. The molecule has 122 valence electrons. The van der Waals surface area contributed by atoms with Crippen molar-refractivity contribution in [2.75, 3.05) is 5.75 Å². The monoisotopic (exact) mass is 355 g/mol. The summed E-state index contributed by atoms with van der Waals surface area (Å²) in [7, 11) is 0. The van der Waals surface area contributed by atoms with E-state index in [2.05, 4.69) is 33.5 Å². The third-order valence-electron chi connectivity index (χ3n) is 4.26. The van der Waals surface area contributed by atoms with Gasteiger partial charge in [-0.05, 0) is 41.8 Å². The molecule has 1 aromatic carbocycles. The van der Waals surface area contributed by atoms with Crippen LogP contribution in [0.3, 0.4) is 0 Å². The molecule has 0 fully saturated rings. The lowest BCUT2D eigenvalue weighted by molar-refractivity contribution is -0.119.